The highest BCUT2D eigenvalue weighted by Crippen LogP contribution is 2.24. The molecule has 0 aliphatic heterocycles. The molecule has 1 aromatic heterocycles. The van der Waals surface area contributed by atoms with Crippen LogP contribution in [0.1, 0.15) is 23.7 Å². The normalized spacial score (nSPS) is 12.6. The van der Waals surface area contributed by atoms with Crippen molar-refractivity contribution in [3.8, 4) is 0 Å². The number of rotatable bonds is 3. The molecular weight excluding hydrogens is 216 g/mol. The van der Waals surface area contributed by atoms with Crippen LogP contribution in [0.2, 0.25) is 0 Å². The van der Waals surface area contributed by atoms with Gasteiger partial charge in [-0.05, 0) is 24.6 Å². The number of hydrogen-bond acceptors (Lipinski definition) is 3. The zero-order valence-corrected chi connectivity index (χ0v) is 9.55. The molecule has 1 heterocycles. The molecule has 0 fully saturated rings. The number of hydrogen-bond donors (Lipinski definition) is 2. The van der Waals surface area contributed by atoms with Crippen LogP contribution in [0.4, 0.5) is 0 Å². The Kier molecular flexibility index (Phi) is 3.06. The first-order valence-corrected chi connectivity index (χ1v) is 5.41. The molecule has 2 aromatic rings. The lowest BCUT2D eigenvalue weighted by molar-refractivity contribution is -0.137. The van der Waals surface area contributed by atoms with Gasteiger partial charge in [-0.15, -0.1) is 0 Å². The molecule has 0 radical (unpaired) electrons. The summed E-state index contributed by atoms with van der Waals surface area (Å²) in [6.45, 7) is 1.88. The average Bonchev–Trinajstić information content (AvgIpc) is 2.26. The highest BCUT2D eigenvalue weighted by atomic mass is 16.4. The van der Waals surface area contributed by atoms with Crippen molar-refractivity contribution in [2.24, 2.45) is 5.73 Å². The number of benzene rings is 1. The van der Waals surface area contributed by atoms with Gasteiger partial charge < -0.3 is 10.8 Å². The second kappa shape index (κ2) is 4.51. The Morgan fingerprint density at radius 1 is 1.47 bits per heavy atom. The van der Waals surface area contributed by atoms with Crippen molar-refractivity contribution >= 4 is 16.9 Å². The number of aryl methyl sites for hydroxylation is 1. The summed E-state index contributed by atoms with van der Waals surface area (Å²) in [7, 11) is 0. The van der Waals surface area contributed by atoms with E-state index in [0.717, 1.165) is 22.2 Å². The number of aliphatic carboxylic acids is 1. The molecule has 0 unspecified atom stereocenters. The summed E-state index contributed by atoms with van der Waals surface area (Å²) in [4.78, 5) is 15.1. The number of carbonyl (C=O) groups is 1. The fourth-order valence-corrected chi connectivity index (χ4v) is 1.95. The minimum Gasteiger partial charge on any atom is -0.481 e. The van der Waals surface area contributed by atoms with Gasteiger partial charge in [-0.2, -0.15) is 0 Å². The molecule has 2 rings (SSSR count). The van der Waals surface area contributed by atoms with Crippen molar-refractivity contribution < 1.29 is 9.90 Å². The van der Waals surface area contributed by atoms with E-state index in [9.17, 15) is 4.79 Å². The van der Waals surface area contributed by atoms with E-state index in [1.807, 2.05) is 37.3 Å². The summed E-state index contributed by atoms with van der Waals surface area (Å²) >= 11 is 0. The van der Waals surface area contributed by atoms with Crippen molar-refractivity contribution in [3.05, 3.63) is 41.6 Å². The maximum Gasteiger partial charge on any atom is 0.305 e. The smallest absolute Gasteiger partial charge is 0.305 e. The third kappa shape index (κ3) is 2.42. The summed E-state index contributed by atoms with van der Waals surface area (Å²) in [5, 5.41) is 9.71. The highest BCUT2D eigenvalue weighted by Gasteiger charge is 2.14. The molecule has 1 atom stereocenters. The molecule has 88 valence electrons. The molecule has 4 nitrogen and oxygen atoms in total. The first-order valence-electron chi connectivity index (χ1n) is 5.41. The fourth-order valence-electron chi connectivity index (χ4n) is 1.95. The van der Waals surface area contributed by atoms with Crippen LogP contribution in [0.5, 0.6) is 0 Å². The first-order chi connectivity index (χ1) is 8.08. The molecule has 0 aliphatic rings. The summed E-state index contributed by atoms with van der Waals surface area (Å²) < 4.78 is 0. The molecule has 0 amide bonds. The molecule has 0 bridgehead atoms. The van der Waals surface area contributed by atoms with E-state index >= 15 is 0 Å². The number of nitrogens with zero attached hydrogens (tertiary/aromatic N) is 1. The minimum atomic E-state index is -0.893. The second-order valence-corrected chi connectivity index (χ2v) is 4.07. The van der Waals surface area contributed by atoms with Crippen molar-refractivity contribution in [2.75, 3.05) is 0 Å². The zero-order chi connectivity index (χ0) is 12.4. The average molecular weight is 230 g/mol. The number of aromatic nitrogens is 1. The molecule has 3 N–H and O–H groups in total. The van der Waals surface area contributed by atoms with Crippen molar-refractivity contribution in [3.63, 3.8) is 0 Å². The van der Waals surface area contributed by atoms with Gasteiger partial charge in [0.1, 0.15) is 0 Å². The van der Waals surface area contributed by atoms with Gasteiger partial charge >= 0.3 is 5.97 Å². The van der Waals surface area contributed by atoms with E-state index in [4.69, 9.17) is 10.8 Å². The first kappa shape index (κ1) is 11.5. The van der Waals surface area contributed by atoms with Crippen LogP contribution in [0.25, 0.3) is 10.9 Å². The van der Waals surface area contributed by atoms with Crippen LogP contribution in [-0.4, -0.2) is 16.1 Å². The van der Waals surface area contributed by atoms with Crippen LogP contribution < -0.4 is 5.73 Å². The molecule has 0 spiro atoms. The van der Waals surface area contributed by atoms with Crippen LogP contribution in [0.3, 0.4) is 0 Å². The van der Waals surface area contributed by atoms with Crippen LogP contribution in [0.15, 0.2) is 30.3 Å². The topological polar surface area (TPSA) is 76.2 Å². The van der Waals surface area contributed by atoms with Crippen LogP contribution in [0, 0.1) is 6.92 Å². The van der Waals surface area contributed by atoms with Gasteiger partial charge in [0.15, 0.2) is 0 Å². The predicted molar refractivity (Wildman–Crippen MR) is 65.7 cm³/mol. The van der Waals surface area contributed by atoms with Gasteiger partial charge in [-0.1, -0.05) is 18.2 Å². The van der Waals surface area contributed by atoms with Gasteiger partial charge in [0.25, 0.3) is 0 Å². The lowest BCUT2D eigenvalue weighted by Crippen LogP contribution is -2.15. The van der Waals surface area contributed by atoms with Crippen molar-refractivity contribution in [1.82, 2.24) is 4.98 Å². The Morgan fingerprint density at radius 3 is 2.88 bits per heavy atom. The third-order valence-electron chi connectivity index (χ3n) is 2.67. The number of para-hydroxylation sites is 1. The van der Waals surface area contributed by atoms with E-state index in [0.29, 0.717) is 0 Å². The van der Waals surface area contributed by atoms with E-state index in [2.05, 4.69) is 4.98 Å². The number of pyridine rings is 1. The standard InChI is InChI=1S/C13H14N2O2/c1-8-6-10(11(14)7-13(16)17)9-4-2-3-5-12(9)15-8/h2-6,11H,7,14H2,1H3,(H,16,17)/t11-/m1/s1. The highest BCUT2D eigenvalue weighted by molar-refractivity contribution is 5.83. The lowest BCUT2D eigenvalue weighted by Gasteiger charge is -2.13. The monoisotopic (exact) mass is 230 g/mol. The van der Waals surface area contributed by atoms with Crippen LogP contribution in [-0.2, 0) is 4.79 Å². The summed E-state index contributed by atoms with van der Waals surface area (Å²) in [6.07, 6.45) is -0.0759. The molecular formula is C13H14N2O2. The number of carboxylic acids is 1. The fraction of sp³-hybridized carbons (Fsp3) is 0.231. The van der Waals surface area contributed by atoms with E-state index in [-0.39, 0.29) is 6.42 Å². The van der Waals surface area contributed by atoms with E-state index in [1.54, 1.807) is 0 Å². The summed E-state index contributed by atoms with van der Waals surface area (Å²) in [5.74, 6) is -0.893. The van der Waals surface area contributed by atoms with Gasteiger partial charge in [0.2, 0.25) is 0 Å². The molecule has 1 aromatic carbocycles. The third-order valence-corrected chi connectivity index (χ3v) is 2.67. The molecule has 0 aliphatic carbocycles. The maximum absolute atomic E-state index is 10.7. The maximum atomic E-state index is 10.7. The van der Waals surface area contributed by atoms with Gasteiger partial charge in [-0.25, -0.2) is 0 Å². The zero-order valence-electron chi connectivity index (χ0n) is 9.55. The summed E-state index contributed by atoms with van der Waals surface area (Å²) in [5.41, 5.74) is 8.46. The van der Waals surface area contributed by atoms with Crippen LogP contribution >= 0.6 is 0 Å². The Morgan fingerprint density at radius 2 is 2.18 bits per heavy atom. The quantitative estimate of drug-likeness (QED) is 0.845. The second-order valence-electron chi connectivity index (χ2n) is 4.07. The Balaban J connectivity index is 2.55. The largest absolute Gasteiger partial charge is 0.481 e. The van der Waals surface area contributed by atoms with Crippen molar-refractivity contribution in [2.45, 2.75) is 19.4 Å². The number of fused-ring (bicyclic) bond motifs is 1. The molecule has 17 heavy (non-hydrogen) atoms. The Hall–Kier alpha value is -1.94. The predicted octanol–water partition coefficient (Wildman–Crippen LogP) is 2.02. The van der Waals surface area contributed by atoms with Gasteiger partial charge in [-0.3, -0.25) is 9.78 Å². The minimum absolute atomic E-state index is 0.0759. The number of nitrogens with two attached hydrogens (primary N) is 1. The SMILES string of the molecule is Cc1cc([C@H](N)CC(=O)O)c2ccccc2n1. The Bertz CT molecular complexity index is 566. The van der Waals surface area contributed by atoms with Gasteiger partial charge in [0, 0.05) is 17.1 Å². The number of carboxylic acid groups (broad SMARTS) is 1. The molecule has 0 saturated carbocycles. The van der Waals surface area contributed by atoms with Gasteiger partial charge in [0.05, 0.1) is 11.9 Å². The Labute approximate surface area is 99.1 Å². The van der Waals surface area contributed by atoms with E-state index < -0.39 is 12.0 Å². The van der Waals surface area contributed by atoms with Crippen molar-refractivity contribution in [1.29, 1.82) is 0 Å². The summed E-state index contributed by atoms with van der Waals surface area (Å²) in [6, 6.07) is 8.98. The molecule has 4 heteroatoms. The molecule has 0 saturated heterocycles. The lowest BCUT2D eigenvalue weighted by atomic mass is 9.99. The van der Waals surface area contributed by atoms with E-state index in [1.165, 1.54) is 0 Å².